The predicted molar refractivity (Wildman–Crippen MR) is 83.3 cm³/mol. The van der Waals surface area contributed by atoms with Crippen LogP contribution in [0.1, 0.15) is 18.4 Å². The Morgan fingerprint density at radius 2 is 2.22 bits per heavy atom. The molecule has 2 rings (SSSR count). The van der Waals surface area contributed by atoms with Gasteiger partial charge in [-0.25, -0.2) is 0 Å². The highest BCUT2D eigenvalue weighted by molar-refractivity contribution is 5.97. The van der Waals surface area contributed by atoms with Crippen LogP contribution in [0.2, 0.25) is 0 Å². The molecule has 2 amide bonds. The fourth-order valence-corrected chi connectivity index (χ4v) is 2.41. The van der Waals surface area contributed by atoms with Crippen LogP contribution in [0.4, 0.5) is 0 Å². The Hall–Kier alpha value is -2.88. The van der Waals surface area contributed by atoms with Gasteiger partial charge in [-0.2, -0.15) is 5.26 Å². The van der Waals surface area contributed by atoms with Crippen LogP contribution in [-0.2, 0) is 16.1 Å². The molecule has 0 spiro atoms. The van der Waals surface area contributed by atoms with Crippen molar-refractivity contribution in [1.82, 2.24) is 15.2 Å². The number of piperidine rings is 1. The first-order valence-corrected chi connectivity index (χ1v) is 7.42. The number of aromatic nitrogens is 1. The number of pyridine rings is 1. The van der Waals surface area contributed by atoms with Crippen molar-refractivity contribution in [2.24, 2.45) is 11.7 Å². The number of nitrogens with one attached hydrogen (secondary N) is 1. The molecule has 1 aromatic rings. The summed E-state index contributed by atoms with van der Waals surface area (Å²) in [4.78, 5) is 29.0. The standard InChI is InChI=1S/C16H19N5O2/c17-8-14(11-21-6-3-13(4-7-21)15(18)22)16(23)20-10-12-2-1-5-19-9-12/h1-2,5,9,11,13H,3-4,6-7,10H2,(H2,18,22)(H,20,23)/b14-11-. The van der Waals surface area contributed by atoms with Crippen molar-refractivity contribution in [3.63, 3.8) is 0 Å². The number of hydrogen-bond acceptors (Lipinski definition) is 5. The molecule has 7 nitrogen and oxygen atoms in total. The van der Waals surface area contributed by atoms with Crippen molar-refractivity contribution >= 4 is 11.8 Å². The zero-order valence-corrected chi connectivity index (χ0v) is 12.7. The van der Waals surface area contributed by atoms with Crippen LogP contribution in [0.25, 0.3) is 0 Å². The molecule has 0 aliphatic carbocycles. The molecule has 3 N–H and O–H groups in total. The smallest absolute Gasteiger partial charge is 0.263 e. The average Bonchev–Trinajstić information content (AvgIpc) is 2.59. The maximum atomic E-state index is 12.1. The van der Waals surface area contributed by atoms with E-state index in [4.69, 9.17) is 5.73 Å². The van der Waals surface area contributed by atoms with Crippen LogP contribution >= 0.6 is 0 Å². The molecule has 0 unspecified atom stereocenters. The first kappa shape index (κ1) is 16.5. The monoisotopic (exact) mass is 313 g/mol. The lowest BCUT2D eigenvalue weighted by molar-refractivity contribution is -0.123. The number of nitrogens with zero attached hydrogens (tertiary/aromatic N) is 3. The second kappa shape index (κ2) is 7.94. The number of likely N-dealkylation sites (tertiary alicyclic amines) is 1. The van der Waals surface area contributed by atoms with Crippen molar-refractivity contribution in [3.05, 3.63) is 41.9 Å². The molecule has 1 fully saturated rings. The largest absolute Gasteiger partial charge is 0.376 e. The second-order valence-electron chi connectivity index (χ2n) is 5.41. The van der Waals surface area contributed by atoms with Crippen LogP contribution in [0.5, 0.6) is 0 Å². The first-order chi connectivity index (χ1) is 11.1. The summed E-state index contributed by atoms with van der Waals surface area (Å²) in [5, 5.41) is 11.9. The summed E-state index contributed by atoms with van der Waals surface area (Å²) in [6.45, 7) is 1.53. The lowest BCUT2D eigenvalue weighted by atomic mass is 9.96. The lowest BCUT2D eigenvalue weighted by Gasteiger charge is -2.29. The van der Waals surface area contributed by atoms with Gasteiger partial charge in [0.2, 0.25) is 5.91 Å². The van der Waals surface area contributed by atoms with Gasteiger partial charge in [0.15, 0.2) is 0 Å². The van der Waals surface area contributed by atoms with Crippen molar-refractivity contribution in [3.8, 4) is 6.07 Å². The van der Waals surface area contributed by atoms with Gasteiger partial charge in [0, 0.05) is 44.1 Å². The molecule has 7 heteroatoms. The quantitative estimate of drug-likeness (QED) is 0.600. The van der Waals surface area contributed by atoms with Crippen molar-refractivity contribution in [2.75, 3.05) is 13.1 Å². The number of rotatable bonds is 5. The van der Waals surface area contributed by atoms with Gasteiger partial charge < -0.3 is 16.0 Å². The number of hydrogen-bond donors (Lipinski definition) is 2. The minimum Gasteiger partial charge on any atom is -0.376 e. The van der Waals surface area contributed by atoms with E-state index >= 15 is 0 Å². The van der Waals surface area contributed by atoms with Crippen LogP contribution in [0.15, 0.2) is 36.3 Å². The molecule has 120 valence electrons. The Kier molecular flexibility index (Phi) is 5.69. The summed E-state index contributed by atoms with van der Waals surface area (Å²) < 4.78 is 0. The Morgan fingerprint density at radius 1 is 1.48 bits per heavy atom. The maximum Gasteiger partial charge on any atom is 0.263 e. The Labute approximate surface area is 134 Å². The Bertz CT molecular complexity index is 628. The summed E-state index contributed by atoms with van der Waals surface area (Å²) in [5.74, 6) is -0.832. The third-order valence-electron chi connectivity index (χ3n) is 3.78. The maximum absolute atomic E-state index is 12.1. The van der Waals surface area contributed by atoms with Gasteiger partial charge in [-0.3, -0.25) is 14.6 Å². The molecule has 1 aromatic heterocycles. The van der Waals surface area contributed by atoms with E-state index in [1.165, 1.54) is 0 Å². The van der Waals surface area contributed by atoms with Crippen LogP contribution in [-0.4, -0.2) is 34.8 Å². The summed E-state index contributed by atoms with van der Waals surface area (Å²) in [5.41, 5.74) is 6.20. The molecule has 0 aromatic carbocycles. The normalized spacial score (nSPS) is 15.8. The SMILES string of the molecule is N#C/C(=C/N1CCC(C(N)=O)CC1)C(=O)NCc1cccnc1. The van der Waals surface area contributed by atoms with Crippen LogP contribution in [0, 0.1) is 17.2 Å². The summed E-state index contributed by atoms with van der Waals surface area (Å²) in [6, 6.07) is 5.55. The van der Waals surface area contributed by atoms with E-state index in [2.05, 4.69) is 10.3 Å². The number of nitrogens with two attached hydrogens (primary N) is 1. The van der Waals surface area contributed by atoms with Gasteiger partial charge >= 0.3 is 0 Å². The fourth-order valence-electron chi connectivity index (χ4n) is 2.41. The number of primary amides is 1. The number of nitriles is 1. The van der Waals surface area contributed by atoms with Gasteiger partial charge in [0.1, 0.15) is 11.6 Å². The topological polar surface area (TPSA) is 112 Å². The van der Waals surface area contributed by atoms with E-state index in [1.54, 1.807) is 24.7 Å². The zero-order chi connectivity index (χ0) is 16.7. The predicted octanol–water partition coefficient (Wildman–Crippen LogP) is 0.303. The molecular weight excluding hydrogens is 294 g/mol. The molecule has 0 saturated carbocycles. The van der Waals surface area contributed by atoms with E-state index in [-0.39, 0.29) is 17.4 Å². The van der Waals surface area contributed by atoms with Crippen LogP contribution < -0.4 is 11.1 Å². The molecular formula is C16H19N5O2. The average molecular weight is 313 g/mol. The van der Waals surface area contributed by atoms with E-state index in [0.717, 1.165) is 5.56 Å². The van der Waals surface area contributed by atoms with E-state index in [1.807, 2.05) is 17.0 Å². The van der Waals surface area contributed by atoms with Gasteiger partial charge in [0.25, 0.3) is 5.91 Å². The molecule has 2 heterocycles. The number of carbonyl (C=O) groups is 2. The van der Waals surface area contributed by atoms with E-state index < -0.39 is 5.91 Å². The summed E-state index contributed by atoms with van der Waals surface area (Å²) in [6.07, 6.45) is 6.14. The molecule has 1 saturated heterocycles. The molecule has 0 radical (unpaired) electrons. The zero-order valence-electron chi connectivity index (χ0n) is 12.7. The van der Waals surface area contributed by atoms with E-state index in [9.17, 15) is 14.9 Å². The minimum atomic E-state index is -0.423. The van der Waals surface area contributed by atoms with Gasteiger partial charge in [-0.1, -0.05) is 6.07 Å². The highest BCUT2D eigenvalue weighted by atomic mass is 16.2. The number of carbonyl (C=O) groups excluding carboxylic acids is 2. The molecule has 23 heavy (non-hydrogen) atoms. The second-order valence-corrected chi connectivity index (χ2v) is 5.41. The third kappa shape index (κ3) is 4.81. The molecule has 1 aliphatic rings. The van der Waals surface area contributed by atoms with Gasteiger partial charge in [0.05, 0.1) is 0 Å². The fraction of sp³-hybridized carbons (Fsp3) is 0.375. The third-order valence-corrected chi connectivity index (χ3v) is 3.78. The highest BCUT2D eigenvalue weighted by Gasteiger charge is 2.22. The van der Waals surface area contributed by atoms with Gasteiger partial charge in [-0.05, 0) is 24.5 Å². The lowest BCUT2D eigenvalue weighted by Crippen LogP contribution is -2.36. The Morgan fingerprint density at radius 3 is 2.78 bits per heavy atom. The van der Waals surface area contributed by atoms with Crippen molar-refractivity contribution in [1.29, 1.82) is 5.26 Å². The molecule has 0 bridgehead atoms. The molecule has 0 atom stereocenters. The van der Waals surface area contributed by atoms with Crippen molar-refractivity contribution < 1.29 is 9.59 Å². The summed E-state index contributed by atoms with van der Waals surface area (Å²) >= 11 is 0. The van der Waals surface area contributed by atoms with E-state index in [0.29, 0.717) is 32.5 Å². The Balaban J connectivity index is 1.90. The molecule has 1 aliphatic heterocycles. The van der Waals surface area contributed by atoms with Gasteiger partial charge in [-0.15, -0.1) is 0 Å². The minimum absolute atomic E-state index is 0.0476. The van der Waals surface area contributed by atoms with Crippen molar-refractivity contribution in [2.45, 2.75) is 19.4 Å². The number of amides is 2. The highest BCUT2D eigenvalue weighted by Crippen LogP contribution is 2.17. The van der Waals surface area contributed by atoms with Crippen LogP contribution in [0.3, 0.4) is 0 Å². The summed E-state index contributed by atoms with van der Waals surface area (Å²) in [7, 11) is 0. The first-order valence-electron chi connectivity index (χ1n) is 7.42.